The van der Waals surface area contributed by atoms with E-state index in [9.17, 15) is 18.0 Å². The van der Waals surface area contributed by atoms with Gasteiger partial charge in [-0.2, -0.15) is 18.3 Å². The lowest BCUT2D eigenvalue weighted by Crippen LogP contribution is -2.28. The zero-order chi connectivity index (χ0) is 27.8. The number of carbonyl (C=O) groups excluding carboxylic acids is 1. The molecule has 12 nitrogen and oxygen atoms in total. The normalized spacial score (nSPS) is 12.3. The summed E-state index contributed by atoms with van der Waals surface area (Å²) in [5.74, 6) is -2.26. The van der Waals surface area contributed by atoms with Gasteiger partial charge in [0.25, 0.3) is 5.91 Å². The van der Waals surface area contributed by atoms with Gasteiger partial charge in [-0.25, -0.2) is 19.3 Å². The van der Waals surface area contributed by atoms with Gasteiger partial charge >= 0.3 is 12.1 Å². The van der Waals surface area contributed by atoms with Crippen molar-refractivity contribution in [3.8, 4) is 11.3 Å². The van der Waals surface area contributed by atoms with Crippen LogP contribution in [-0.2, 0) is 4.79 Å². The molecule has 5 heterocycles. The smallest absolute Gasteiger partial charge is 0.475 e. The largest absolute Gasteiger partial charge is 0.490 e. The zero-order valence-corrected chi connectivity index (χ0v) is 20.4. The number of pyridine rings is 1. The quantitative estimate of drug-likeness (QED) is 0.264. The highest BCUT2D eigenvalue weighted by molar-refractivity contribution is 6.34. The molecular formula is C22H19ClF3N9O3. The number of nitrogens with zero attached hydrogens (tertiary/aromatic N) is 6. The standard InChI is InChI=1S/C20H18ClN9O.C2HF3O2/c1-10(27-20(31)16-18(22)28-29-5-3-4-23-19(16)29)13-6-14(21)15-9-24-11(2)30(15)17(13)12-7-25-26-8-12;3-2(4,5)1(6)7/h3-10H,1-2H3,(H2,22,28)(H,25,26)(H,27,31);(H,6,7). The number of hydrogen-bond donors (Lipinski definition) is 4. The van der Waals surface area contributed by atoms with Crippen LogP contribution in [0.5, 0.6) is 0 Å². The number of H-pyrrole nitrogens is 1. The maximum absolute atomic E-state index is 13.1. The van der Waals surface area contributed by atoms with Crippen molar-refractivity contribution in [1.82, 2.24) is 39.5 Å². The second kappa shape index (κ2) is 10.0. The summed E-state index contributed by atoms with van der Waals surface area (Å²) < 4.78 is 35.2. The number of amides is 1. The van der Waals surface area contributed by atoms with Crippen LogP contribution in [0.4, 0.5) is 19.0 Å². The molecule has 5 aromatic rings. The molecule has 0 radical (unpaired) electrons. The molecule has 0 saturated carbocycles. The Morgan fingerprint density at radius 2 is 1.97 bits per heavy atom. The minimum absolute atomic E-state index is 0.109. The van der Waals surface area contributed by atoms with E-state index in [4.69, 9.17) is 27.2 Å². The summed E-state index contributed by atoms with van der Waals surface area (Å²) in [6, 6.07) is 3.13. The maximum atomic E-state index is 13.1. The molecule has 0 aromatic carbocycles. The van der Waals surface area contributed by atoms with Gasteiger partial charge in [0.2, 0.25) is 0 Å². The summed E-state index contributed by atoms with van der Waals surface area (Å²) in [5.41, 5.74) is 9.87. The molecule has 38 heavy (non-hydrogen) atoms. The summed E-state index contributed by atoms with van der Waals surface area (Å²) in [6.45, 7) is 3.77. The van der Waals surface area contributed by atoms with Crippen molar-refractivity contribution >= 4 is 40.5 Å². The van der Waals surface area contributed by atoms with E-state index >= 15 is 0 Å². The minimum atomic E-state index is -5.08. The van der Waals surface area contributed by atoms with Crippen molar-refractivity contribution in [2.45, 2.75) is 26.1 Å². The Hall–Kier alpha value is -4.66. The van der Waals surface area contributed by atoms with Gasteiger partial charge in [0.1, 0.15) is 11.4 Å². The molecule has 1 unspecified atom stereocenters. The number of carbonyl (C=O) groups is 2. The average Bonchev–Trinajstić information content (AvgIpc) is 3.57. The highest BCUT2D eigenvalue weighted by Gasteiger charge is 2.38. The van der Waals surface area contributed by atoms with Crippen LogP contribution in [-0.4, -0.2) is 57.3 Å². The number of fused-ring (bicyclic) bond motifs is 2. The molecule has 5 rings (SSSR count). The number of aliphatic carboxylic acids is 1. The van der Waals surface area contributed by atoms with Gasteiger partial charge in [-0.1, -0.05) is 11.6 Å². The third kappa shape index (κ3) is 4.95. The minimum Gasteiger partial charge on any atom is -0.475 e. The number of aromatic nitrogens is 7. The number of nitrogens with one attached hydrogen (secondary N) is 2. The van der Waals surface area contributed by atoms with Crippen LogP contribution < -0.4 is 11.1 Å². The lowest BCUT2D eigenvalue weighted by molar-refractivity contribution is -0.192. The third-order valence-corrected chi connectivity index (χ3v) is 5.74. The molecule has 198 valence electrons. The Bertz CT molecular complexity index is 1640. The van der Waals surface area contributed by atoms with Gasteiger partial charge in [-0.3, -0.25) is 14.3 Å². The topological polar surface area (TPSA) is 169 Å². The highest BCUT2D eigenvalue weighted by atomic mass is 35.5. The molecule has 0 aliphatic carbocycles. The Morgan fingerprint density at radius 1 is 1.26 bits per heavy atom. The van der Waals surface area contributed by atoms with Crippen LogP contribution in [0.15, 0.2) is 43.1 Å². The Morgan fingerprint density at radius 3 is 2.61 bits per heavy atom. The Balaban J connectivity index is 0.000000426. The summed E-state index contributed by atoms with van der Waals surface area (Å²) in [5, 5.41) is 21.7. The first kappa shape index (κ1) is 26.4. The van der Waals surface area contributed by atoms with Crippen molar-refractivity contribution in [3.05, 3.63) is 65.1 Å². The molecule has 0 spiro atoms. The molecule has 16 heteroatoms. The van der Waals surface area contributed by atoms with Gasteiger partial charge in [-0.15, -0.1) is 5.10 Å². The number of anilines is 1. The van der Waals surface area contributed by atoms with E-state index in [1.165, 1.54) is 4.52 Å². The maximum Gasteiger partial charge on any atom is 0.490 e. The van der Waals surface area contributed by atoms with Crippen molar-refractivity contribution in [2.24, 2.45) is 0 Å². The fraction of sp³-hybridized carbons (Fsp3) is 0.182. The molecular weight excluding hydrogens is 531 g/mol. The van der Waals surface area contributed by atoms with Crippen LogP contribution in [0.3, 0.4) is 0 Å². The van der Waals surface area contributed by atoms with Crippen LogP contribution >= 0.6 is 11.6 Å². The summed E-state index contributed by atoms with van der Waals surface area (Å²) in [4.78, 5) is 30.7. The van der Waals surface area contributed by atoms with Gasteiger partial charge < -0.3 is 16.2 Å². The fourth-order valence-electron chi connectivity index (χ4n) is 3.78. The van der Waals surface area contributed by atoms with Crippen LogP contribution in [0, 0.1) is 6.92 Å². The third-order valence-electron chi connectivity index (χ3n) is 5.44. The summed E-state index contributed by atoms with van der Waals surface area (Å²) in [7, 11) is 0. The fourth-order valence-corrected chi connectivity index (χ4v) is 4.03. The van der Waals surface area contributed by atoms with Crippen LogP contribution in [0.2, 0.25) is 5.02 Å². The number of aryl methyl sites for hydroxylation is 1. The van der Waals surface area contributed by atoms with E-state index in [-0.39, 0.29) is 17.3 Å². The SMILES string of the molecule is Cc1ncc2c(Cl)cc(C(C)NC(=O)c3c(N)nn4cccnc34)c(-c3cn[nH]c3)n12.O=C(O)C(F)(F)F. The number of alkyl halides is 3. The number of aromatic amines is 1. The Labute approximate surface area is 216 Å². The molecule has 0 aliphatic rings. The number of imidazole rings is 1. The van der Waals surface area contributed by atoms with Gasteiger partial charge in [-0.05, 0) is 26.0 Å². The molecule has 1 atom stereocenters. The second-order valence-electron chi connectivity index (χ2n) is 7.96. The monoisotopic (exact) mass is 549 g/mol. The predicted molar refractivity (Wildman–Crippen MR) is 129 cm³/mol. The molecule has 0 saturated heterocycles. The van der Waals surface area contributed by atoms with E-state index < -0.39 is 18.2 Å². The number of carboxylic acids is 1. The van der Waals surface area contributed by atoms with E-state index in [2.05, 4.69) is 30.6 Å². The molecule has 0 aliphatic heterocycles. The average molecular weight is 550 g/mol. The van der Waals surface area contributed by atoms with Gasteiger partial charge in [0, 0.05) is 29.7 Å². The highest BCUT2D eigenvalue weighted by Crippen LogP contribution is 2.34. The van der Waals surface area contributed by atoms with E-state index in [0.717, 1.165) is 28.2 Å². The summed E-state index contributed by atoms with van der Waals surface area (Å²) in [6.07, 6.45) is 3.41. The first-order chi connectivity index (χ1) is 17.9. The van der Waals surface area contributed by atoms with Crippen molar-refractivity contribution < 1.29 is 27.9 Å². The first-order valence-electron chi connectivity index (χ1n) is 10.8. The second-order valence-corrected chi connectivity index (χ2v) is 8.36. The number of rotatable bonds is 4. The first-order valence-corrected chi connectivity index (χ1v) is 11.1. The molecule has 0 fully saturated rings. The van der Waals surface area contributed by atoms with Gasteiger partial charge in [0.05, 0.1) is 34.7 Å². The van der Waals surface area contributed by atoms with Crippen molar-refractivity contribution in [3.63, 3.8) is 0 Å². The lowest BCUT2D eigenvalue weighted by atomic mass is 10.0. The van der Waals surface area contributed by atoms with Gasteiger partial charge in [0.15, 0.2) is 11.5 Å². The Kier molecular flexibility index (Phi) is 6.95. The van der Waals surface area contributed by atoms with Crippen LogP contribution in [0.25, 0.3) is 22.4 Å². The van der Waals surface area contributed by atoms with Crippen molar-refractivity contribution in [2.75, 3.05) is 5.73 Å². The molecule has 5 aromatic heterocycles. The molecule has 0 bridgehead atoms. The molecule has 1 amide bonds. The molecule has 5 N–H and O–H groups in total. The van der Waals surface area contributed by atoms with E-state index in [1.54, 1.807) is 37.1 Å². The number of nitrogens with two attached hydrogens (primary N) is 1. The number of hydrogen-bond acceptors (Lipinski definition) is 7. The number of halogens is 4. The van der Waals surface area contributed by atoms with Crippen LogP contribution in [0.1, 0.15) is 34.7 Å². The number of nitrogen functional groups attached to an aromatic ring is 1. The van der Waals surface area contributed by atoms with Crippen molar-refractivity contribution in [1.29, 1.82) is 0 Å². The van der Waals surface area contributed by atoms with E-state index in [0.29, 0.717) is 10.7 Å². The lowest BCUT2D eigenvalue weighted by Gasteiger charge is -2.20. The predicted octanol–water partition coefficient (Wildman–Crippen LogP) is 3.44. The van der Waals surface area contributed by atoms with E-state index in [1.807, 2.05) is 24.3 Å². The zero-order valence-electron chi connectivity index (χ0n) is 19.7. The number of carboxylic acid groups (broad SMARTS) is 1. The summed E-state index contributed by atoms with van der Waals surface area (Å²) >= 11 is 6.55.